The molecular weight excluding hydrogens is 533 g/mol. The van der Waals surface area contributed by atoms with Crippen molar-refractivity contribution in [3.8, 4) is 0 Å². The smallest absolute Gasteiger partial charge is 0.191 e. The van der Waals surface area contributed by atoms with Crippen LogP contribution in [0.2, 0.25) is 0 Å². The van der Waals surface area contributed by atoms with E-state index in [2.05, 4.69) is 86.6 Å². The van der Waals surface area contributed by atoms with Crippen molar-refractivity contribution in [2.45, 2.75) is 57.8 Å². The molecule has 178 valence electrons. The molecule has 1 aromatic carbocycles. The molecule has 0 bridgehead atoms. The summed E-state index contributed by atoms with van der Waals surface area (Å²) in [6.07, 6.45) is 5.08. The molecule has 0 radical (unpaired) electrons. The van der Waals surface area contributed by atoms with Crippen LogP contribution in [-0.4, -0.2) is 59.7 Å². The topological polar surface area (TPSA) is 70.4 Å². The van der Waals surface area contributed by atoms with Gasteiger partial charge in [-0.1, -0.05) is 43.3 Å². The number of hydrogen-bond donors (Lipinski definition) is 2. The molecule has 9 heteroatoms. The van der Waals surface area contributed by atoms with Crippen molar-refractivity contribution in [2.75, 3.05) is 37.8 Å². The van der Waals surface area contributed by atoms with E-state index >= 15 is 0 Å². The Kier molecular flexibility index (Phi) is 11.1. The van der Waals surface area contributed by atoms with E-state index in [0.717, 1.165) is 62.4 Å². The van der Waals surface area contributed by atoms with E-state index in [9.17, 15) is 0 Å². The number of benzene rings is 1. The third kappa shape index (κ3) is 7.54. The first-order valence-electron chi connectivity index (χ1n) is 11.2. The molecule has 3 rings (SSSR count). The molecule has 1 atom stereocenters. The van der Waals surface area contributed by atoms with Crippen LogP contribution in [0.4, 0.5) is 5.69 Å². The summed E-state index contributed by atoms with van der Waals surface area (Å²) < 4.78 is 2.26. The molecule has 1 unspecified atom stereocenters. The Morgan fingerprint density at radius 3 is 2.66 bits per heavy atom. The predicted octanol–water partition coefficient (Wildman–Crippen LogP) is 3.96. The molecule has 0 amide bonds. The number of anilines is 1. The van der Waals surface area contributed by atoms with Gasteiger partial charge in [0.25, 0.3) is 0 Å². The van der Waals surface area contributed by atoms with Gasteiger partial charge in [0.05, 0.1) is 0 Å². The number of rotatable bonds is 9. The van der Waals surface area contributed by atoms with Crippen LogP contribution in [0.25, 0.3) is 0 Å². The number of aliphatic imine (C=N–C) groups is 1. The lowest BCUT2D eigenvalue weighted by Gasteiger charge is -2.20. The number of thioether (sulfide) groups is 1. The van der Waals surface area contributed by atoms with E-state index in [1.165, 1.54) is 11.3 Å². The summed E-state index contributed by atoms with van der Waals surface area (Å²) in [4.78, 5) is 6.86. The molecule has 1 fully saturated rings. The highest BCUT2D eigenvalue weighted by Crippen LogP contribution is 2.21. The zero-order valence-electron chi connectivity index (χ0n) is 20.0. The zero-order valence-corrected chi connectivity index (χ0v) is 23.1. The van der Waals surface area contributed by atoms with E-state index < -0.39 is 0 Å². The molecule has 7 nitrogen and oxygen atoms in total. The number of aromatic nitrogens is 3. The normalized spacial score (nSPS) is 16.4. The highest BCUT2D eigenvalue weighted by Gasteiger charge is 2.23. The van der Waals surface area contributed by atoms with Gasteiger partial charge in [0.15, 0.2) is 11.1 Å². The van der Waals surface area contributed by atoms with Crippen LogP contribution < -0.4 is 15.5 Å². The summed E-state index contributed by atoms with van der Waals surface area (Å²) >= 11 is 1.66. The van der Waals surface area contributed by atoms with Crippen LogP contribution in [0.1, 0.15) is 38.1 Å². The standard InChI is InChI=1S/C23H37N7S.HI/c1-17(2)15-30-21(27-28-23(30)31-5)7-6-13-25-22(24-4)26-19-12-14-29(16-19)20-10-8-18(3)9-11-20;/h8-11,17,19H,6-7,12-16H2,1-5H3,(H2,24,25,26);1H. The zero-order chi connectivity index (χ0) is 22.2. The van der Waals surface area contributed by atoms with Crippen molar-refractivity contribution in [3.63, 3.8) is 0 Å². The second-order valence-electron chi connectivity index (χ2n) is 8.62. The van der Waals surface area contributed by atoms with Gasteiger partial charge >= 0.3 is 0 Å². The molecule has 1 aliphatic heterocycles. The average molecular weight is 572 g/mol. The molecule has 1 aromatic heterocycles. The first-order chi connectivity index (χ1) is 15.0. The second-order valence-corrected chi connectivity index (χ2v) is 9.39. The Morgan fingerprint density at radius 2 is 2.00 bits per heavy atom. The van der Waals surface area contributed by atoms with Crippen molar-refractivity contribution in [3.05, 3.63) is 35.7 Å². The third-order valence-corrected chi connectivity index (χ3v) is 6.21. The lowest BCUT2D eigenvalue weighted by atomic mass is 10.2. The Hall–Kier alpha value is -1.49. The third-order valence-electron chi connectivity index (χ3n) is 5.55. The fourth-order valence-corrected chi connectivity index (χ4v) is 4.44. The van der Waals surface area contributed by atoms with Gasteiger partial charge in [-0.3, -0.25) is 4.99 Å². The molecule has 0 aliphatic carbocycles. The van der Waals surface area contributed by atoms with E-state index in [1.54, 1.807) is 11.8 Å². The maximum absolute atomic E-state index is 4.42. The van der Waals surface area contributed by atoms with Crippen LogP contribution in [0.5, 0.6) is 0 Å². The van der Waals surface area contributed by atoms with Crippen LogP contribution >= 0.6 is 35.7 Å². The number of nitrogens with one attached hydrogen (secondary N) is 2. The highest BCUT2D eigenvalue weighted by molar-refractivity contribution is 14.0. The Morgan fingerprint density at radius 1 is 1.25 bits per heavy atom. The number of halogens is 1. The van der Waals surface area contributed by atoms with Crippen LogP contribution in [0.15, 0.2) is 34.4 Å². The average Bonchev–Trinajstić information content (AvgIpc) is 3.37. The highest BCUT2D eigenvalue weighted by atomic mass is 127. The van der Waals surface area contributed by atoms with E-state index in [-0.39, 0.29) is 24.0 Å². The van der Waals surface area contributed by atoms with Gasteiger partial charge in [0.2, 0.25) is 0 Å². The summed E-state index contributed by atoms with van der Waals surface area (Å²) in [5, 5.41) is 16.8. The van der Waals surface area contributed by atoms with E-state index in [0.29, 0.717) is 12.0 Å². The molecule has 2 heterocycles. The lowest BCUT2D eigenvalue weighted by molar-refractivity contribution is 0.477. The van der Waals surface area contributed by atoms with Crippen LogP contribution in [-0.2, 0) is 13.0 Å². The first-order valence-corrected chi connectivity index (χ1v) is 12.5. The van der Waals surface area contributed by atoms with Gasteiger partial charge in [-0.15, -0.1) is 34.2 Å². The second kappa shape index (κ2) is 13.3. The molecule has 32 heavy (non-hydrogen) atoms. The fraction of sp³-hybridized carbons (Fsp3) is 0.609. The molecule has 1 aliphatic rings. The minimum absolute atomic E-state index is 0. The van der Waals surface area contributed by atoms with Crippen LogP contribution in [0.3, 0.4) is 0 Å². The van der Waals surface area contributed by atoms with Crippen molar-refractivity contribution in [1.82, 2.24) is 25.4 Å². The van der Waals surface area contributed by atoms with Crippen molar-refractivity contribution >= 4 is 47.4 Å². The van der Waals surface area contributed by atoms with Crippen molar-refractivity contribution in [2.24, 2.45) is 10.9 Å². The molecular formula is C23H38IN7S. The van der Waals surface area contributed by atoms with Gasteiger partial charge < -0.3 is 20.1 Å². The minimum Gasteiger partial charge on any atom is -0.369 e. The Labute approximate surface area is 214 Å². The summed E-state index contributed by atoms with van der Waals surface area (Å²) in [5.41, 5.74) is 2.60. The summed E-state index contributed by atoms with van der Waals surface area (Å²) in [7, 11) is 1.84. The summed E-state index contributed by atoms with van der Waals surface area (Å²) in [6.45, 7) is 10.5. The van der Waals surface area contributed by atoms with Crippen molar-refractivity contribution < 1.29 is 0 Å². The molecule has 1 saturated heterocycles. The minimum atomic E-state index is 0. The monoisotopic (exact) mass is 571 g/mol. The number of aryl methyl sites for hydroxylation is 2. The van der Waals surface area contributed by atoms with Crippen molar-refractivity contribution in [1.29, 1.82) is 0 Å². The lowest BCUT2D eigenvalue weighted by Crippen LogP contribution is -2.45. The van der Waals surface area contributed by atoms with Gasteiger partial charge in [-0.2, -0.15) is 0 Å². The maximum Gasteiger partial charge on any atom is 0.191 e. The van der Waals surface area contributed by atoms with Gasteiger partial charge in [-0.25, -0.2) is 0 Å². The predicted molar refractivity (Wildman–Crippen MR) is 147 cm³/mol. The quantitative estimate of drug-likeness (QED) is 0.156. The molecule has 2 aromatic rings. The molecule has 0 saturated carbocycles. The number of hydrogen-bond acceptors (Lipinski definition) is 5. The summed E-state index contributed by atoms with van der Waals surface area (Å²) in [6, 6.07) is 9.20. The largest absolute Gasteiger partial charge is 0.369 e. The first kappa shape index (κ1) is 26.8. The Balaban J connectivity index is 0.00000363. The van der Waals surface area contributed by atoms with E-state index in [1.807, 2.05) is 7.05 Å². The number of nitrogens with zero attached hydrogens (tertiary/aromatic N) is 5. The number of guanidine groups is 1. The molecule has 2 N–H and O–H groups in total. The Bertz CT molecular complexity index is 851. The van der Waals surface area contributed by atoms with E-state index in [4.69, 9.17) is 0 Å². The van der Waals surface area contributed by atoms with Crippen LogP contribution in [0, 0.1) is 12.8 Å². The fourth-order valence-electron chi connectivity index (χ4n) is 3.91. The SMILES string of the molecule is CN=C(NCCCc1nnc(SC)n1CC(C)C)NC1CCN(c2ccc(C)cc2)C1.I. The van der Waals surface area contributed by atoms with Gasteiger partial charge in [0, 0.05) is 51.4 Å². The maximum atomic E-state index is 4.42. The van der Waals surface area contributed by atoms with Gasteiger partial charge in [0.1, 0.15) is 5.82 Å². The molecule has 0 spiro atoms. The summed E-state index contributed by atoms with van der Waals surface area (Å²) in [5.74, 6) is 2.53. The van der Waals surface area contributed by atoms with Gasteiger partial charge in [-0.05, 0) is 44.1 Å².